The Bertz CT molecular complexity index is 541. The number of piperidine rings is 2. The van der Waals surface area contributed by atoms with Crippen LogP contribution in [-0.4, -0.2) is 53.7 Å². The van der Waals surface area contributed by atoms with Crippen LogP contribution in [-0.2, 0) is 0 Å². The molecule has 1 unspecified atom stereocenters. The molecule has 0 spiro atoms. The van der Waals surface area contributed by atoms with E-state index in [1.165, 1.54) is 38.9 Å². The Morgan fingerprint density at radius 3 is 2.78 bits per heavy atom. The predicted molar refractivity (Wildman–Crippen MR) is 91.0 cm³/mol. The van der Waals surface area contributed by atoms with Gasteiger partial charge in [0.1, 0.15) is 5.82 Å². The first-order chi connectivity index (χ1) is 11.1. The number of likely N-dealkylation sites (tertiary alicyclic amines) is 1. The first-order valence-corrected chi connectivity index (χ1v) is 8.79. The van der Waals surface area contributed by atoms with E-state index in [0.717, 1.165) is 31.2 Å². The lowest BCUT2D eigenvalue weighted by Crippen LogP contribution is -2.43. The molecule has 2 aliphatic rings. The van der Waals surface area contributed by atoms with Crippen LogP contribution in [0.25, 0.3) is 0 Å². The number of carbonyl (C=O) groups is 1. The number of pyridine rings is 1. The van der Waals surface area contributed by atoms with Crippen LogP contribution in [0.1, 0.15) is 43.1 Å². The third kappa shape index (κ3) is 4.22. The minimum absolute atomic E-state index is 0.134. The molecular weight excluding hydrogens is 290 g/mol. The number of carboxylic acid groups (broad SMARTS) is 1. The fourth-order valence-corrected chi connectivity index (χ4v) is 3.75. The van der Waals surface area contributed by atoms with Gasteiger partial charge in [-0.1, -0.05) is 13.0 Å². The molecule has 2 saturated heterocycles. The lowest BCUT2D eigenvalue weighted by atomic mass is 9.94. The molecule has 0 amide bonds. The second-order valence-electron chi connectivity index (χ2n) is 7.12. The number of hydrogen-bond acceptors (Lipinski definition) is 4. The van der Waals surface area contributed by atoms with Crippen molar-refractivity contribution in [2.75, 3.05) is 37.6 Å². The zero-order valence-electron chi connectivity index (χ0n) is 13.9. The Labute approximate surface area is 138 Å². The van der Waals surface area contributed by atoms with E-state index in [-0.39, 0.29) is 5.69 Å². The van der Waals surface area contributed by atoms with E-state index in [0.29, 0.717) is 5.92 Å². The summed E-state index contributed by atoms with van der Waals surface area (Å²) in [6.45, 7) is 7.93. The molecule has 126 valence electrons. The van der Waals surface area contributed by atoms with Crippen molar-refractivity contribution in [2.45, 2.75) is 32.6 Å². The van der Waals surface area contributed by atoms with Gasteiger partial charge >= 0.3 is 5.97 Å². The smallest absolute Gasteiger partial charge is 0.354 e. The highest BCUT2D eigenvalue weighted by Gasteiger charge is 2.25. The Kier molecular flexibility index (Phi) is 5.16. The van der Waals surface area contributed by atoms with Gasteiger partial charge in [-0.3, -0.25) is 0 Å². The average Bonchev–Trinajstić information content (AvgIpc) is 2.57. The molecule has 0 saturated carbocycles. The van der Waals surface area contributed by atoms with Crippen molar-refractivity contribution in [1.29, 1.82) is 0 Å². The van der Waals surface area contributed by atoms with Crippen LogP contribution < -0.4 is 4.90 Å². The summed E-state index contributed by atoms with van der Waals surface area (Å²) >= 11 is 0. The summed E-state index contributed by atoms with van der Waals surface area (Å²) in [5, 5.41) is 9.11. The van der Waals surface area contributed by atoms with Crippen LogP contribution in [0.3, 0.4) is 0 Å². The highest BCUT2D eigenvalue weighted by Crippen LogP contribution is 2.24. The van der Waals surface area contributed by atoms with E-state index in [4.69, 9.17) is 5.11 Å². The zero-order chi connectivity index (χ0) is 16.2. The molecule has 0 radical (unpaired) electrons. The lowest BCUT2D eigenvalue weighted by molar-refractivity contribution is 0.0690. The maximum Gasteiger partial charge on any atom is 0.354 e. The number of nitrogens with zero attached hydrogens (tertiary/aromatic N) is 3. The molecule has 5 heteroatoms. The summed E-state index contributed by atoms with van der Waals surface area (Å²) in [7, 11) is 0. The quantitative estimate of drug-likeness (QED) is 0.925. The van der Waals surface area contributed by atoms with Crippen LogP contribution in [0.15, 0.2) is 18.2 Å². The fourth-order valence-electron chi connectivity index (χ4n) is 3.75. The maximum absolute atomic E-state index is 11.1. The minimum Gasteiger partial charge on any atom is -0.477 e. The molecule has 0 bridgehead atoms. The lowest BCUT2D eigenvalue weighted by Gasteiger charge is -2.38. The third-order valence-electron chi connectivity index (χ3n) is 5.19. The van der Waals surface area contributed by atoms with Crippen molar-refractivity contribution in [2.24, 2.45) is 11.8 Å². The average molecular weight is 317 g/mol. The highest BCUT2D eigenvalue weighted by atomic mass is 16.4. The van der Waals surface area contributed by atoms with E-state index < -0.39 is 5.97 Å². The number of anilines is 1. The van der Waals surface area contributed by atoms with Gasteiger partial charge in [-0.25, -0.2) is 9.78 Å². The first kappa shape index (κ1) is 16.2. The second-order valence-corrected chi connectivity index (χ2v) is 7.12. The monoisotopic (exact) mass is 317 g/mol. The van der Waals surface area contributed by atoms with E-state index in [1.807, 2.05) is 6.07 Å². The number of aromatic nitrogens is 1. The molecule has 3 rings (SSSR count). The summed E-state index contributed by atoms with van der Waals surface area (Å²) in [5.74, 6) is 1.38. The molecular formula is C18H27N3O2. The minimum atomic E-state index is -0.956. The van der Waals surface area contributed by atoms with Crippen molar-refractivity contribution in [3.63, 3.8) is 0 Å². The molecule has 2 aliphatic heterocycles. The van der Waals surface area contributed by atoms with E-state index in [1.54, 1.807) is 12.1 Å². The van der Waals surface area contributed by atoms with Gasteiger partial charge in [0.2, 0.25) is 0 Å². The van der Waals surface area contributed by atoms with Gasteiger partial charge in [0.25, 0.3) is 0 Å². The van der Waals surface area contributed by atoms with E-state index >= 15 is 0 Å². The van der Waals surface area contributed by atoms with Crippen molar-refractivity contribution in [1.82, 2.24) is 9.88 Å². The van der Waals surface area contributed by atoms with Crippen LogP contribution >= 0.6 is 0 Å². The summed E-state index contributed by atoms with van der Waals surface area (Å²) < 4.78 is 0. The molecule has 5 nitrogen and oxygen atoms in total. The largest absolute Gasteiger partial charge is 0.477 e. The Balaban J connectivity index is 1.59. The van der Waals surface area contributed by atoms with Gasteiger partial charge in [0.15, 0.2) is 5.69 Å². The molecule has 1 atom stereocenters. The van der Waals surface area contributed by atoms with E-state index in [2.05, 4.69) is 21.7 Å². The standard InChI is InChI=1S/C18H27N3O2/c1-14-7-10-20(11-8-14)12-15-4-3-9-21(13-15)17-6-2-5-16(19-17)18(22)23/h2,5-6,14-15H,3-4,7-13H2,1H3,(H,22,23). The normalized spacial score (nSPS) is 23.9. The van der Waals surface area contributed by atoms with Crippen molar-refractivity contribution in [3.8, 4) is 0 Å². The van der Waals surface area contributed by atoms with E-state index in [9.17, 15) is 4.79 Å². The van der Waals surface area contributed by atoms with Gasteiger partial charge in [-0.05, 0) is 62.7 Å². The Morgan fingerprint density at radius 2 is 2.04 bits per heavy atom. The van der Waals surface area contributed by atoms with Crippen LogP contribution in [0.4, 0.5) is 5.82 Å². The summed E-state index contributed by atoms with van der Waals surface area (Å²) in [5.41, 5.74) is 0.134. The molecule has 1 aromatic heterocycles. The molecule has 2 fully saturated rings. The molecule has 1 aromatic rings. The first-order valence-electron chi connectivity index (χ1n) is 8.79. The van der Waals surface area contributed by atoms with Gasteiger partial charge in [-0.2, -0.15) is 0 Å². The summed E-state index contributed by atoms with van der Waals surface area (Å²) in [4.78, 5) is 20.3. The number of rotatable bonds is 4. The SMILES string of the molecule is CC1CCN(CC2CCCN(c3cccc(C(=O)O)n3)C2)CC1. The Morgan fingerprint density at radius 1 is 1.26 bits per heavy atom. The van der Waals surface area contributed by atoms with Crippen LogP contribution in [0.2, 0.25) is 0 Å². The van der Waals surface area contributed by atoms with Gasteiger partial charge in [0.05, 0.1) is 0 Å². The van der Waals surface area contributed by atoms with Gasteiger partial charge in [0, 0.05) is 19.6 Å². The Hall–Kier alpha value is -1.62. The molecule has 23 heavy (non-hydrogen) atoms. The summed E-state index contributed by atoms with van der Waals surface area (Å²) in [6.07, 6.45) is 5.06. The zero-order valence-corrected chi connectivity index (χ0v) is 13.9. The third-order valence-corrected chi connectivity index (χ3v) is 5.19. The molecule has 3 heterocycles. The molecule has 0 aromatic carbocycles. The maximum atomic E-state index is 11.1. The van der Waals surface area contributed by atoms with Crippen molar-refractivity contribution < 1.29 is 9.90 Å². The molecule has 0 aliphatic carbocycles. The number of hydrogen-bond donors (Lipinski definition) is 1. The van der Waals surface area contributed by atoms with Crippen molar-refractivity contribution in [3.05, 3.63) is 23.9 Å². The van der Waals surface area contributed by atoms with Crippen molar-refractivity contribution >= 4 is 11.8 Å². The second kappa shape index (κ2) is 7.30. The van der Waals surface area contributed by atoms with Crippen LogP contribution in [0, 0.1) is 11.8 Å². The highest BCUT2D eigenvalue weighted by molar-refractivity contribution is 5.85. The topological polar surface area (TPSA) is 56.7 Å². The molecule has 1 N–H and O–H groups in total. The fraction of sp³-hybridized carbons (Fsp3) is 0.667. The summed E-state index contributed by atoms with van der Waals surface area (Å²) in [6, 6.07) is 5.28. The predicted octanol–water partition coefficient (Wildman–Crippen LogP) is 2.73. The number of carboxylic acids is 1. The van der Waals surface area contributed by atoms with Gasteiger partial charge in [-0.15, -0.1) is 0 Å². The van der Waals surface area contributed by atoms with Crippen LogP contribution in [0.5, 0.6) is 0 Å². The van der Waals surface area contributed by atoms with Gasteiger partial charge < -0.3 is 14.9 Å². The number of aromatic carboxylic acids is 1.